The van der Waals surface area contributed by atoms with Crippen LogP contribution in [0.3, 0.4) is 0 Å². The van der Waals surface area contributed by atoms with Crippen molar-refractivity contribution >= 4 is 11.3 Å². The molecule has 1 aromatic carbocycles. The summed E-state index contributed by atoms with van der Waals surface area (Å²) in [6.45, 7) is 4.34. The smallest absolute Gasteiger partial charge is 0.278 e. The lowest BCUT2D eigenvalue weighted by Crippen LogP contribution is -1.88. The monoisotopic (exact) mass is 219 g/mol. The zero-order valence-electron chi connectivity index (χ0n) is 8.81. The number of hydrogen-bond donors (Lipinski definition) is 0. The van der Waals surface area contributed by atoms with Gasteiger partial charge < -0.3 is 4.74 Å². The number of ether oxygens (including phenoxy) is 1. The van der Waals surface area contributed by atoms with Crippen LogP contribution in [0.25, 0.3) is 0 Å². The van der Waals surface area contributed by atoms with E-state index in [0.717, 1.165) is 5.75 Å². The average Bonchev–Trinajstić information content (AvgIpc) is 2.71. The fourth-order valence-electron chi connectivity index (χ4n) is 1.30. The third-order valence-electron chi connectivity index (χ3n) is 2.14. The van der Waals surface area contributed by atoms with Gasteiger partial charge in [-0.15, -0.1) is 0 Å². The Morgan fingerprint density at radius 3 is 2.87 bits per heavy atom. The van der Waals surface area contributed by atoms with Crippen molar-refractivity contribution < 1.29 is 4.74 Å². The van der Waals surface area contributed by atoms with Crippen LogP contribution in [-0.2, 0) is 0 Å². The van der Waals surface area contributed by atoms with E-state index in [2.05, 4.69) is 31.0 Å². The molecule has 0 saturated heterocycles. The van der Waals surface area contributed by atoms with Gasteiger partial charge in [0.1, 0.15) is 5.75 Å². The van der Waals surface area contributed by atoms with E-state index in [9.17, 15) is 0 Å². The van der Waals surface area contributed by atoms with Crippen molar-refractivity contribution in [1.82, 2.24) is 4.98 Å². The quantitative estimate of drug-likeness (QED) is 0.776. The van der Waals surface area contributed by atoms with E-state index < -0.39 is 0 Å². The molecule has 15 heavy (non-hydrogen) atoms. The second kappa shape index (κ2) is 4.45. The second-order valence-corrected chi connectivity index (χ2v) is 4.48. The van der Waals surface area contributed by atoms with Crippen molar-refractivity contribution in [2.24, 2.45) is 0 Å². The Morgan fingerprint density at radius 2 is 2.20 bits per heavy atom. The highest BCUT2D eigenvalue weighted by Gasteiger charge is 2.02. The molecule has 0 aliphatic carbocycles. The number of nitrogens with zero attached hydrogens (tertiary/aromatic N) is 1. The minimum absolute atomic E-state index is 0.518. The predicted octanol–water partition coefficient (Wildman–Crippen LogP) is 4.06. The highest BCUT2D eigenvalue weighted by Crippen LogP contribution is 2.26. The SMILES string of the molecule is CC(C)c1cccc(Oc2nccs2)c1. The van der Waals surface area contributed by atoms with Gasteiger partial charge >= 0.3 is 0 Å². The largest absolute Gasteiger partial charge is 0.431 e. The lowest BCUT2D eigenvalue weighted by atomic mass is 10.0. The lowest BCUT2D eigenvalue weighted by molar-refractivity contribution is 0.478. The van der Waals surface area contributed by atoms with Gasteiger partial charge in [0.2, 0.25) is 0 Å². The van der Waals surface area contributed by atoms with Gasteiger partial charge in [-0.25, -0.2) is 4.98 Å². The summed E-state index contributed by atoms with van der Waals surface area (Å²) in [5.74, 6) is 1.38. The van der Waals surface area contributed by atoms with E-state index in [-0.39, 0.29) is 0 Å². The highest BCUT2D eigenvalue weighted by atomic mass is 32.1. The fourth-order valence-corrected chi connectivity index (χ4v) is 1.80. The first-order valence-electron chi connectivity index (χ1n) is 4.93. The Hall–Kier alpha value is -1.35. The Morgan fingerprint density at radius 1 is 1.33 bits per heavy atom. The summed E-state index contributed by atoms with van der Waals surface area (Å²) in [5.41, 5.74) is 1.28. The highest BCUT2D eigenvalue weighted by molar-refractivity contribution is 7.11. The van der Waals surface area contributed by atoms with Crippen molar-refractivity contribution in [1.29, 1.82) is 0 Å². The maximum absolute atomic E-state index is 5.62. The van der Waals surface area contributed by atoms with E-state index in [0.29, 0.717) is 11.1 Å². The first kappa shape index (κ1) is 10.2. The van der Waals surface area contributed by atoms with Crippen LogP contribution in [0.4, 0.5) is 0 Å². The zero-order valence-corrected chi connectivity index (χ0v) is 9.62. The van der Waals surface area contributed by atoms with E-state index in [1.165, 1.54) is 16.9 Å². The molecule has 1 heterocycles. The maximum atomic E-state index is 5.62. The lowest BCUT2D eigenvalue weighted by Gasteiger charge is -2.07. The van der Waals surface area contributed by atoms with Gasteiger partial charge in [0.05, 0.1) is 0 Å². The minimum Gasteiger partial charge on any atom is -0.431 e. The molecule has 0 radical (unpaired) electrons. The molecule has 3 heteroatoms. The van der Waals surface area contributed by atoms with Crippen LogP contribution in [0.5, 0.6) is 10.9 Å². The molecule has 0 saturated carbocycles. The first-order valence-corrected chi connectivity index (χ1v) is 5.81. The molecule has 0 atom stereocenters. The van der Waals surface area contributed by atoms with E-state index in [1.54, 1.807) is 6.20 Å². The summed E-state index contributed by atoms with van der Waals surface area (Å²) < 4.78 is 5.62. The fraction of sp³-hybridized carbons (Fsp3) is 0.250. The van der Waals surface area contributed by atoms with Crippen molar-refractivity contribution in [3.63, 3.8) is 0 Å². The van der Waals surface area contributed by atoms with Crippen LogP contribution in [0.15, 0.2) is 35.8 Å². The molecular formula is C12H13NOS. The molecule has 0 aliphatic rings. The van der Waals surface area contributed by atoms with Gasteiger partial charge in [-0.2, -0.15) is 0 Å². The van der Waals surface area contributed by atoms with Crippen molar-refractivity contribution in [3.05, 3.63) is 41.4 Å². The van der Waals surface area contributed by atoms with Crippen LogP contribution >= 0.6 is 11.3 Å². The standard InChI is InChI=1S/C12H13NOS/c1-9(2)10-4-3-5-11(8-10)14-12-13-6-7-15-12/h3-9H,1-2H3. The number of rotatable bonds is 3. The molecule has 0 bridgehead atoms. The molecule has 0 N–H and O–H groups in total. The molecule has 2 aromatic rings. The number of aromatic nitrogens is 1. The summed E-state index contributed by atoms with van der Waals surface area (Å²) in [5, 5.41) is 2.60. The van der Waals surface area contributed by atoms with Gasteiger partial charge in [0.15, 0.2) is 0 Å². The Bertz CT molecular complexity index is 423. The molecule has 2 rings (SSSR count). The zero-order chi connectivity index (χ0) is 10.7. The Labute approximate surface area is 93.6 Å². The van der Waals surface area contributed by atoms with Crippen molar-refractivity contribution in [2.75, 3.05) is 0 Å². The average molecular weight is 219 g/mol. The topological polar surface area (TPSA) is 22.1 Å². The Balaban J connectivity index is 2.18. The number of thiazole rings is 1. The molecule has 2 nitrogen and oxygen atoms in total. The molecule has 0 amide bonds. The summed E-state index contributed by atoms with van der Waals surface area (Å²) in [7, 11) is 0. The molecule has 0 fully saturated rings. The molecule has 78 valence electrons. The maximum Gasteiger partial charge on any atom is 0.278 e. The van der Waals surface area contributed by atoms with Gasteiger partial charge in [-0.05, 0) is 23.6 Å². The molecule has 0 unspecified atom stereocenters. The summed E-state index contributed by atoms with van der Waals surface area (Å²) in [6.07, 6.45) is 1.74. The van der Waals surface area contributed by atoms with Crippen molar-refractivity contribution in [2.45, 2.75) is 19.8 Å². The van der Waals surface area contributed by atoms with Gasteiger partial charge in [0, 0.05) is 11.6 Å². The van der Waals surface area contributed by atoms with Gasteiger partial charge in [0.25, 0.3) is 5.19 Å². The van der Waals surface area contributed by atoms with Gasteiger partial charge in [-0.1, -0.05) is 37.3 Å². The predicted molar refractivity (Wildman–Crippen MR) is 62.7 cm³/mol. The molecule has 0 spiro atoms. The second-order valence-electron chi connectivity index (χ2n) is 3.63. The van der Waals surface area contributed by atoms with Crippen LogP contribution in [-0.4, -0.2) is 4.98 Å². The first-order chi connectivity index (χ1) is 7.25. The van der Waals surface area contributed by atoms with E-state index in [1.807, 2.05) is 17.5 Å². The Kier molecular flexibility index (Phi) is 3.02. The number of benzene rings is 1. The third-order valence-corrected chi connectivity index (χ3v) is 2.79. The third kappa shape index (κ3) is 2.57. The van der Waals surface area contributed by atoms with Crippen LogP contribution in [0.1, 0.15) is 25.3 Å². The molecule has 0 aliphatic heterocycles. The number of hydrogen-bond acceptors (Lipinski definition) is 3. The van der Waals surface area contributed by atoms with Crippen LogP contribution in [0.2, 0.25) is 0 Å². The minimum atomic E-state index is 0.518. The van der Waals surface area contributed by atoms with Crippen LogP contribution < -0.4 is 4.74 Å². The molecule has 1 aromatic heterocycles. The van der Waals surface area contributed by atoms with Crippen LogP contribution in [0, 0.1) is 0 Å². The van der Waals surface area contributed by atoms with E-state index in [4.69, 9.17) is 4.74 Å². The molecular weight excluding hydrogens is 206 g/mol. The van der Waals surface area contributed by atoms with Gasteiger partial charge in [-0.3, -0.25) is 0 Å². The summed E-state index contributed by atoms with van der Waals surface area (Å²) in [4.78, 5) is 4.08. The normalized spacial score (nSPS) is 10.6. The van der Waals surface area contributed by atoms with E-state index >= 15 is 0 Å². The summed E-state index contributed by atoms with van der Waals surface area (Å²) in [6, 6.07) is 8.14. The summed E-state index contributed by atoms with van der Waals surface area (Å²) >= 11 is 1.50. The van der Waals surface area contributed by atoms with Crippen molar-refractivity contribution in [3.8, 4) is 10.9 Å².